The summed E-state index contributed by atoms with van der Waals surface area (Å²) >= 11 is 1.26. The predicted octanol–water partition coefficient (Wildman–Crippen LogP) is -0.350. The third kappa shape index (κ3) is 3.93. The maximum absolute atomic E-state index is 12.5. The van der Waals surface area contributed by atoms with Crippen LogP contribution in [0.2, 0.25) is 0 Å². The van der Waals surface area contributed by atoms with E-state index in [2.05, 4.69) is 0 Å². The number of hydrogen-bond donors (Lipinski definition) is 1. The topological polar surface area (TPSA) is 62.1 Å². The zero-order valence-electron chi connectivity index (χ0n) is 13.2. The number of carbonyl (C=O) groups excluding carboxylic acids is 1. The van der Waals surface area contributed by atoms with E-state index in [-0.39, 0.29) is 5.91 Å². The average molecular weight is 359 g/mol. The van der Waals surface area contributed by atoms with Crippen LogP contribution in [0.15, 0.2) is 21.7 Å². The summed E-state index contributed by atoms with van der Waals surface area (Å²) in [6.07, 6.45) is 3.43. The fraction of sp³-hybridized carbons (Fsp3) is 0.667. The molecule has 0 unspecified atom stereocenters. The molecule has 128 valence electrons. The minimum absolute atomic E-state index is 0.217. The van der Waals surface area contributed by atoms with Crippen LogP contribution in [0.4, 0.5) is 0 Å². The van der Waals surface area contributed by atoms with Gasteiger partial charge in [0.1, 0.15) is 4.21 Å². The number of nitrogens with zero attached hydrogens (tertiary/aromatic N) is 2. The Bertz CT molecular complexity index is 616. The molecule has 23 heavy (non-hydrogen) atoms. The van der Waals surface area contributed by atoms with Crippen molar-refractivity contribution in [1.29, 1.82) is 0 Å². The number of sulfonamides is 1. The van der Waals surface area contributed by atoms with Crippen LogP contribution >= 0.6 is 11.3 Å². The van der Waals surface area contributed by atoms with Gasteiger partial charge in [-0.2, -0.15) is 4.31 Å². The fourth-order valence-corrected chi connectivity index (χ4v) is 5.81. The van der Waals surface area contributed by atoms with Gasteiger partial charge < -0.3 is 9.80 Å². The number of nitrogens with one attached hydrogen (secondary N) is 1. The number of likely N-dealkylation sites (tertiary alicyclic amines) is 1. The van der Waals surface area contributed by atoms with Crippen LogP contribution in [0.5, 0.6) is 0 Å². The van der Waals surface area contributed by atoms with Gasteiger partial charge in [0.05, 0.1) is 26.2 Å². The van der Waals surface area contributed by atoms with Crippen molar-refractivity contribution in [3.63, 3.8) is 0 Å². The molecule has 2 saturated heterocycles. The Morgan fingerprint density at radius 2 is 1.83 bits per heavy atom. The Balaban J connectivity index is 1.51. The molecule has 0 radical (unpaired) electrons. The SMILES string of the molecule is O=C(C[NH+]1CCN(S(=O)(=O)c2cccs2)CC1)N1CCCCC1. The first-order valence-corrected chi connectivity index (χ1v) is 10.5. The van der Waals surface area contributed by atoms with Crippen molar-refractivity contribution in [3.05, 3.63) is 17.5 Å². The number of thiophene rings is 1. The van der Waals surface area contributed by atoms with Crippen LogP contribution in [0, 0.1) is 0 Å². The quantitative estimate of drug-likeness (QED) is 0.800. The van der Waals surface area contributed by atoms with Crippen molar-refractivity contribution < 1.29 is 18.1 Å². The third-order valence-corrected chi connectivity index (χ3v) is 7.90. The van der Waals surface area contributed by atoms with Gasteiger partial charge in [0.15, 0.2) is 6.54 Å². The lowest BCUT2D eigenvalue weighted by molar-refractivity contribution is -0.896. The molecule has 8 heteroatoms. The van der Waals surface area contributed by atoms with Crippen LogP contribution in [-0.2, 0) is 14.8 Å². The van der Waals surface area contributed by atoms with Gasteiger partial charge in [-0.05, 0) is 30.7 Å². The van der Waals surface area contributed by atoms with Crippen molar-refractivity contribution >= 4 is 27.3 Å². The molecule has 1 N–H and O–H groups in total. The normalized spacial score (nSPS) is 21.5. The van der Waals surface area contributed by atoms with E-state index in [1.54, 1.807) is 21.8 Å². The largest absolute Gasteiger partial charge is 0.338 e. The first-order chi connectivity index (χ1) is 11.1. The Morgan fingerprint density at radius 1 is 1.13 bits per heavy atom. The first-order valence-electron chi connectivity index (χ1n) is 8.22. The zero-order valence-corrected chi connectivity index (χ0v) is 14.9. The number of hydrogen-bond acceptors (Lipinski definition) is 4. The summed E-state index contributed by atoms with van der Waals surface area (Å²) in [5, 5.41) is 1.78. The summed E-state index contributed by atoms with van der Waals surface area (Å²) < 4.78 is 26.9. The lowest BCUT2D eigenvalue weighted by atomic mass is 10.1. The summed E-state index contributed by atoms with van der Waals surface area (Å²) in [6, 6.07) is 3.41. The molecule has 1 aromatic rings. The number of quaternary nitrogens is 1. The van der Waals surface area contributed by atoms with Gasteiger partial charge in [0, 0.05) is 13.1 Å². The molecule has 0 spiro atoms. The van der Waals surface area contributed by atoms with E-state index in [4.69, 9.17) is 0 Å². The van der Waals surface area contributed by atoms with E-state index < -0.39 is 10.0 Å². The molecule has 6 nitrogen and oxygen atoms in total. The van der Waals surface area contributed by atoms with Gasteiger partial charge >= 0.3 is 0 Å². The average Bonchev–Trinajstić information content (AvgIpc) is 3.11. The highest BCUT2D eigenvalue weighted by atomic mass is 32.2. The number of piperazine rings is 1. The van der Waals surface area contributed by atoms with Crippen molar-refractivity contribution in [3.8, 4) is 0 Å². The highest BCUT2D eigenvalue weighted by molar-refractivity contribution is 7.91. The molecule has 0 bridgehead atoms. The van der Waals surface area contributed by atoms with Crippen molar-refractivity contribution in [2.45, 2.75) is 23.5 Å². The molecule has 1 aromatic heterocycles. The van der Waals surface area contributed by atoms with Crippen LogP contribution in [0.3, 0.4) is 0 Å². The van der Waals surface area contributed by atoms with Crippen LogP contribution in [-0.4, -0.2) is 69.3 Å². The summed E-state index contributed by atoms with van der Waals surface area (Å²) in [7, 11) is -3.35. The maximum atomic E-state index is 12.5. The van der Waals surface area contributed by atoms with Gasteiger partial charge in [-0.15, -0.1) is 11.3 Å². The predicted molar refractivity (Wildman–Crippen MR) is 89.1 cm³/mol. The number of amides is 1. The summed E-state index contributed by atoms with van der Waals surface area (Å²) in [4.78, 5) is 15.5. The van der Waals surface area contributed by atoms with Crippen LogP contribution in [0.25, 0.3) is 0 Å². The fourth-order valence-electron chi connectivity index (χ4n) is 3.23. The van der Waals surface area contributed by atoms with Gasteiger partial charge in [0.25, 0.3) is 15.9 Å². The second kappa shape index (κ2) is 7.29. The number of piperidine rings is 1. The van der Waals surface area contributed by atoms with Crippen LogP contribution in [0.1, 0.15) is 19.3 Å². The standard InChI is InChI=1S/C15H23N3O3S2/c19-14(17-6-2-1-3-7-17)13-16-8-10-18(11-9-16)23(20,21)15-5-4-12-22-15/h4-5,12H,1-3,6-11,13H2/p+1. The second-order valence-electron chi connectivity index (χ2n) is 6.20. The Morgan fingerprint density at radius 3 is 2.43 bits per heavy atom. The molecule has 0 saturated carbocycles. The lowest BCUT2D eigenvalue weighted by Gasteiger charge is -2.33. The van der Waals surface area contributed by atoms with E-state index in [1.165, 1.54) is 22.7 Å². The highest BCUT2D eigenvalue weighted by Gasteiger charge is 2.32. The highest BCUT2D eigenvalue weighted by Crippen LogP contribution is 2.20. The molecule has 0 aliphatic carbocycles. The third-order valence-electron chi connectivity index (χ3n) is 4.63. The van der Waals surface area contributed by atoms with Crippen molar-refractivity contribution in [2.75, 3.05) is 45.8 Å². The molecular formula is C15H24N3O3S2+. The van der Waals surface area contributed by atoms with Gasteiger partial charge in [-0.3, -0.25) is 4.79 Å². The van der Waals surface area contributed by atoms with E-state index >= 15 is 0 Å². The zero-order chi connectivity index (χ0) is 16.3. The minimum Gasteiger partial charge on any atom is -0.338 e. The summed E-state index contributed by atoms with van der Waals surface area (Å²) in [5.41, 5.74) is 0. The second-order valence-corrected chi connectivity index (χ2v) is 9.32. The van der Waals surface area contributed by atoms with E-state index in [1.807, 2.05) is 4.90 Å². The Labute approximate surface area is 141 Å². The smallest absolute Gasteiger partial charge is 0.277 e. The molecule has 0 atom stereocenters. The molecule has 2 fully saturated rings. The summed E-state index contributed by atoms with van der Waals surface area (Å²) in [6.45, 7) is 4.63. The molecule has 3 rings (SSSR count). The molecule has 2 aliphatic rings. The Hall–Kier alpha value is -0.960. The van der Waals surface area contributed by atoms with Crippen LogP contribution < -0.4 is 4.90 Å². The molecule has 1 amide bonds. The molecule has 0 aromatic carbocycles. The molecule has 2 aliphatic heterocycles. The molecular weight excluding hydrogens is 334 g/mol. The van der Waals surface area contributed by atoms with Gasteiger partial charge in [-0.25, -0.2) is 8.42 Å². The lowest BCUT2D eigenvalue weighted by Crippen LogP contribution is -3.15. The number of rotatable bonds is 4. The summed E-state index contributed by atoms with van der Waals surface area (Å²) in [5.74, 6) is 0.217. The first kappa shape index (κ1) is 16.9. The van der Waals surface area contributed by atoms with E-state index in [9.17, 15) is 13.2 Å². The van der Waals surface area contributed by atoms with Crippen molar-refractivity contribution in [2.24, 2.45) is 0 Å². The molecule has 3 heterocycles. The maximum Gasteiger partial charge on any atom is 0.277 e. The van der Waals surface area contributed by atoms with Crippen molar-refractivity contribution in [1.82, 2.24) is 9.21 Å². The monoisotopic (exact) mass is 358 g/mol. The van der Waals surface area contributed by atoms with Gasteiger partial charge in [-0.1, -0.05) is 6.07 Å². The van der Waals surface area contributed by atoms with E-state index in [0.717, 1.165) is 25.9 Å². The minimum atomic E-state index is -3.35. The van der Waals surface area contributed by atoms with Gasteiger partial charge in [0.2, 0.25) is 0 Å². The number of carbonyl (C=O) groups is 1. The van der Waals surface area contributed by atoms with E-state index in [0.29, 0.717) is 36.9 Å². The Kier molecular flexibility index (Phi) is 5.35.